The highest BCUT2D eigenvalue weighted by Gasteiger charge is 2.07. The Balaban J connectivity index is 1.42. The van der Waals surface area contributed by atoms with Crippen LogP contribution in [0.3, 0.4) is 0 Å². The lowest BCUT2D eigenvalue weighted by molar-refractivity contribution is 0.554. The maximum Gasteiger partial charge on any atom is 0.0346 e. The lowest BCUT2D eigenvalue weighted by Gasteiger charge is -2.17. The van der Waals surface area contributed by atoms with Gasteiger partial charge in [0.25, 0.3) is 0 Å². The first-order valence-corrected chi connectivity index (χ1v) is 9.56. The molecule has 0 fully saturated rings. The van der Waals surface area contributed by atoms with Gasteiger partial charge in [-0.1, -0.05) is 43.3 Å². The van der Waals surface area contributed by atoms with E-state index in [-0.39, 0.29) is 0 Å². The quantitative estimate of drug-likeness (QED) is 0.581. The number of fused-ring (bicyclic) bond motifs is 1. The predicted molar refractivity (Wildman–Crippen MR) is 108 cm³/mol. The number of hydrogen-bond acceptors (Lipinski definition) is 4. The zero-order valence-corrected chi connectivity index (χ0v) is 15.6. The van der Waals surface area contributed by atoms with Gasteiger partial charge in [0.1, 0.15) is 0 Å². The van der Waals surface area contributed by atoms with Crippen LogP contribution in [-0.2, 0) is 0 Å². The molecule has 2 atom stereocenters. The summed E-state index contributed by atoms with van der Waals surface area (Å²) < 4.78 is 3.52. The van der Waals surface area contributed by atoms with Crippen molar-refractivity contribution < 1.29 is 0 Å². The molecule has 130 valence electrons. The Labute approximate surface area is 154 Å². The fourth-order valence-electron chi connectivity index (χ4n) is 2.75. The third-order valence-corrected chi connectivity index (χ3v) is 5.27. The molecule has 0 aliphatic heterocycles. The van der Waals surface area contributed by atoms with E-state index in [1.54, 1.807) is 11.9 Å². The summed E-state index contributed by atoms with van der Waals surface area (Å²) in [5.41, 5.74) is 1.38. The summed E-state index contributed by atoms with van der Waals surface area (Å²) in [4.78, 5) is 5.38. The van der Waals surface area contributed by atoms with Gasteiger partial charge in [0.2, 0.25) is 0 Å². The second-order valence-corrected chi connectivity index (χ2v) is 7.39. The van der Waals surface area contributed by atoms with Gasteiger partial charge in [0.05, 0.1) is 0 Å². The van der Waals surface area contributed by atoms with Crippen LogP contribution in [0.1, 0.15) is 25.3 Å². The van der Waals surface area contributed by atoms with E-state index in [4.69, 9.17) is 0 Å². The molecule has 0 bridgehead atoms. The SMILES string of the molecule is CC(CNC[C@@H](C)NSc1ccc2cnccc2c1)c1ccccc1. The second-order valence-electron chi connectivity index (χ2n) is 6.48. The van der Waals surface area contributed by atoms with E-state index in [0.29, 0.717) is 12.0 Å². The standard InChI is InChI=1S/C21H25N3S/c1-16(18-6-4-3-5-7-18)13-23-14-17(2)24-25-21-9-8-20-15-22-11-10-19(20)12-21/h3-12,15-17,23-24H,13-14H2,1-2H3/t16?,17-/m1/s1. The minimum Gasteiger partial charge on any atom is -0.315 e. The maximum absolute atomic E-state index is 4.16. The fourth-order valence-corrected chi connectivity index (χ4v) is 3.49. The Morgan fingerprint density at radius 2 is 1.80 bits per heavy atom. The molecular formula is C21H25N3S. The molecule has 0 aliphatic rings. The van der Waals surface area contributed by atoms with Crippen molar-refractivity contribution in [1.29, 1.82) is 0 Å². The van der Waals surface area contributed by atoms with Crippen molar-refractivity contribution >= 4 is 22.7 Å². The van der Waals surface area contributed by atoms with E-state index < -0.39 is 0 Å². The molecule has 4 heteroatoms. The van der Waals surface area contributed by atoms with Gasteiger partial charge in [0, 0.05) is 41.8 Å². The minimum absolute atomic E-state index is 0.390. The van der Waals surface area contributed by atoms with Crippen molar-refractivity contribution in [2.24, 2.45) is 0 Å². The fraction of sp³-hybridized carbons (Fsp3) is 0.286. The van der Waals surface area contributed by atoms with Gasteiger partial charge >= 0.3 is 0 Å². The maximum atomic E-state index is 4.16. The highest BCUT2D eigenvalue weighted by Crippen LogP contribution is 2.21. The van der Waals surface area contributed by atoms with Gasteiger partial charge in [-0.3, -0.25) is 9.71 Å². The summed E-state index contributed by atoms with van der Waals surface area (Å²) in [5.74, 6) is 0.523. The molecule has 0 aliphatic carbocycles. The van der Waals surface area contributed by atoms with Gasteiger partial charge in [0.15, 0.2) is 0 Å². The number of benzene rings is 2. The Hall–Kier alpha value is -1.88. The summed E-state index contributed by atoms with van der Waals surface area (Å²) in [7, 11) is 0. The van der Waals surface area contributed by atoms with E-state index in [1.807, 2.05) is 12.4 Å². The highest BCUT2D eigenvalue weighted by atomic mass is 32.2. The lowest BCUT2D eigenvalue weighted by atomic mass is 10.0. The molecule has 3 aromatic rings. The predicted octanol–water partition coefficient (Wildman–Crippen LogP) is 4.61. The van der Waals surface area contributed by atoms with E-state index in [9.17, 15) is 0 Å². The Morgan fingerprint density at radius 3 is 2.64 bits per heavy atom. The minimum atomic E-state index is 0.390. The number of nitrogens with zero attached hydrogens (tertiary/aromatic N) is 1. The van der Waals surface area contributed by atoms with Crippen LogP contribution in [0.15, 0.2) is 71.9 Å². The van der Waals surface area contributed by atoms with Crippen LogP contribution in [0, 0.1) is 0 Å². The average molecular weight is 352 g/mol. The van der Waals surface area contributed by atoms with Crippen LogP contribution in [0.2, 0.25) is 0 Å². The average Bonchev–Trinajstić information content (AvgIpc) is 2.67. The van der Waals surface area contributed by atoms with Crippen LogP contribution >= 0.6 is 11.9 Å². The van der Waals surface area contributed by atoms with Crippen LogP contribution < -0.4 is 10.0 Å². The zero-order chi connectivity index (χ0) is 17.5. The molecule has 1 unspecified atom stereocenters. The zero-order valence-electron chi connectivity index (χ0n) is 14.8. The van der Waals surface area contributed by atoms with Crippen LogP contribution in [0.25, 0.3) is 10.8 Å². The summed E-state index contributed by atoms with van der Waals surface area (Å²) in [5, 5.41) is 5.97. The Bertz CT molecular complexity index is 791. The van der Waals surface area contributed by atoms with Crippen LogP contribution in [0.5, 0.6) is 0 Å². The first-order valence-electron chi connectivity index (χ1n) is 8.74. The summed E-state index contributed by atoms with van der Waals surface area (Å²) in [6, 6.07) is 19.6. The molecule has 3 rings (SSSR count). The summed E-state index contributed by atoms with van der Waals surface area (Å²) in [6.45, 7) is 6.41. The molecule has 0 amide bonds. The largest absolute Gasteiger partial charge is 0.315 e. The second kappa shape index (κ2) is 8.99. The monoisotopic (exact) mass is 351 g/mol. The van der Waals surface area contributed by atoms with Crippen LogP contribution in [0.4, 0.5) is 0 Å². The van der Waals surface area contributed by atoms with Crippen molar-refractivity contribution in [2.75, 3.05) is 13.1 Å². The molecule has 0 saturated heterocycles. The smallest absolute Gasteiger partial charge is 0.0346 e. The van der Waals surface area contributed by atoms with Gasteiger partial charge in [-0.2, -0.15) is 0 Å². The molecule has 1 heterocycles. The Kier molecular flexibility index (Phi) is 6.45. The molecule has 2 N–H and O–H groups in total. The normalized spacial score (nSPS) is 13.7. The van der Waals surface area contributed by atoms with Crippen molar-refractivity contribution in [1.82, 2.24) is 15.0 Å². The Morgan fingerprint density at radius 1 is 0.960 bits per heavy atom. The number of rotatable bonds is 8. The molecule has 0 saturated carbocycles. The van der Waals surface area contributed by atoms with E-state index in [2.05, 4.69) is 83.5 Å². The van der Waals surface area contributed by atoms with E-state index in [1.165, 1.54) is 21.2 Å². The van der Waals surface area contributed by atoms with Crippen LogP contribution in [-0.4, -0.2) is 24.1 Å². The third-order valence-electron chi connectivity index (χ3n) is 4.26. The first-order chi connectivity index (χ1) is 12.2. The van der Waals surface area contributed by atoms with Crippen molar-refractivity contribution in [2.45, 2.75) is 30.7 Å². The van der Waals surface area contributed by atoms with E-state index in [0.717, 1.165) is 13.1 Å². The molecule has 1 aromatic heterocycles. The molecule has 0 spiro atoms. The molecule has 0 radical (unpaired) electrons. The van der Waals surface area contributed by atoms with Gasteiger partial charge < -0.3 is 5.32 Å². The summed E-state index contributed by atoms with van der Waals surface area (Å²) in [6.07, 6.45) is 3.74. The third kappa shape index (κ3) is 5.30. The lowest BCUT2D eigenvalue weighted by Crippen LogP contribution is -2.34. The van der Waals surface area contributed by atoms with Crippen molar-refractivity contribution in [3.05, 3.63) is 72.6 Å². The van der Waals surface area contributed by atoms with Gasteiger partial charge in [-0.25, -0.2) is 0 Å². The molecule has 25 heavy (non-hydrogen) atoms. The molecule has 3 nitrogen and oxygen atoms in total. The molecular weight excluding hydrogens is 326 g/mol. The molecule has 2 aromatic carbocycles. The number of pyridine rings is 1. The van der Waals surface area contributed by atoms with Crippen molar-refractivity contribution in [3.8, 4) is 0 Å². The van der Waals surface area contributed by atoms with Gasteiger partial charge in [-0.05, 0) is 53.9 Å². The number of hydrogen-bond donors (Lipinski definition) is 2. The van der Waals surface area contributed by atoms with Gasteiger partial charge in [-0.15, -0.1) is 0 Å². The topological polar surface area (TPSA) is 37.0 Å². The first kappa shape index (κ1) is 17.9. The van der Waals surface area contributed by atoms with Crippen molar-refractivity contribution in [3.63, 3.8) is 0 Å². The number of aromatic nitrogens is 1. The number of nitrogens with one attached hydrogen (secondary N) is 2. The summed E-state index contributed by atoms with van der Waals surface area (Å²) >= 11 is 1.69. The highest BCUT2D eigenvalue weighted by molar-refractivity contribution is 7.97. The van der Waals surface area contributed by atoms with E-state index >= 15 is 0 Å².